The van der Waals surface area contributed by atoms with Crippen LogP contribution >= 0.6 is 0 Å². The average molecular weight is 476 g/mol. The summed E-state index contributed by atoms with van der Waals surface area (Å²) in [6, 6.07) is 4.59. The number of hydrogen-bond acceptors (Lipinski definition) is 7. The first-order valence-electron chi connectivity index (χ1n) is 11.6. The maximum atomic E-state index is 14.3. The van der Waals surface area contributed by atoms with E-state index in [2.05, 4.69) is 32.2 Å². The van der Waals surface area contributed by atoms with Crippen LogP contribution in [0.1, 0.15) is 57.4 Å². The van der Waals surface area contributed by atoms with Gasteiger partial charge in [0.1, 0.15) is 30.2 Å². The number of fused-ring (bicyclic) bond motifs is 5. The van der Waals surface area contributed by atoms with Crippen LogP contribution in [0.3, 0.4) is 0 Å². The average Bonchev–Trinajstić information content (AvgIpc) is 3.57. The molecule has 3 aromatic heterocycles. The Kier molecular flexibility index (Phi) is 6.02. The van der Waals surface area contributed by atoms with Crippen LogP contribution in [-0.4, -0.2) is 34.5 Å². The van der Waals surface area contributed by atoms with Crippen LogP contribution < -0.4 is 0 Å². The highest BCUT2D eigenvalue weighted by molar-refractivity contribution is 5.71. The van der Waals surface area contributed by atoms with Crippen molar-refractivity contribution in [3.8, 4) is 28.6 Å². The van der Waals surface area contributed by atoms with E-state index < -0.39 is 0 Å². The summed E-state index contributed by atoms with van der Waals surface area (Å²) < 4.78 is 29.6. The Bertz CT molecular complexity index is 1430. The van der Waals surface area contributed by atoms with Gasteiger partial charge in [-0.25, -0.2) is 9.37 Å². The van der Waals surface area contributed by atoms with Gasteiger partial charge in [-0.2, -0.15) is 4.98 Å². The SMILES string of the molecule is C/C=C(\C=C/CC)OCc1nnc2n1Cc1c(-c3noc(C(C)C)n3)ncn1-c1ccc(F)cc1-2. The third-order valence-corrected chi connectivity index (χ3v) is 5.78. The van der Waals surface area contributed by atoms with Crippen LogP contribution in [-0.2, 0) is 17.9 Å². The van der Waals surface area contributed by atoms with Crippen molar-refractivity contribution in [2.24, 2.45) is 0 Å². The lowest BCUT2D eigenvalue weighted by atomic mass is 10.1. The maximum absolute atomic E-state index is 14.3. The number of aromatic nitrogens is 7. The van der Waals surface area contributed by atoms with Crippen LogP contribution in [0.4, 0.5) is 4.39 Å². The lowest BCUT2D eigenvalue weighted by Gasteiger charge is -2.10. The lowest BCUT2D eigenvalue weighted by molar-refractivity contribution is 0.199. The van der Waals surface area contributed by atoms with Crippen molar-refractivity contribution < 1.29 is 13.7 Å². The predicted molar refractivity (Wildman–Crippen MR) is 127 cm³/mol. The fourth-order valence-electron chi connectivity index (χ4n) is 3.95. The quantitative estimate of drug-likeness (QED) is 0.236. The van der Waals surface area contributed by atoms with Gasteiger partial charge >= 0.3 is 0 Å². The molecule has 0 saturated carbocycles. The lowest BCUT2D eigenvalue weighted by Crippen LogP contribution is -2.09. The molecule has 4 heterocycles. The molecule has 1 aliphatic heterocycles. The molecular weight excluding hydrogens is 449 g/mol. The van der Waals surface area contributed by atoms with Gasteiger partial charge in [-0.05, 0) is 43.7 Å². The van der Waals surface area contributed by atoms with E-state index in [1.54, 1.807) is 12.4 Å². The predicted octanol–water partition coefficient (Wildman–Crippen LogP) is 5.19. The molecule has 0 amide bonds. The molecule has 1 aromatic carbocycles. The third-order valence-electron chi connectivity index (χ3n) is 5.78. The second kappa shape index (κ2) is 9.28. The molecule has 0 radical (unpaired) electrons. The van der Waals surface area contributed by atoms with Gasteiger partial charge in [0.15, 0.2) is 11.6 Å². The molecule has 0 bridgehead atoms. The summed E-state index contributed by atoms with van der Waals surface area (Å²) in [7, 11) is 0. The number of benzene rings is 1. The van der Waals surface area contributed by atoms with E-state index in [0.29, 0.717) is 41.2 Å². The number of allylic oxidation sites excluding steroid dienone is 3. The molecule has 9 nitrogen and oxygen atoms in total. The Morgan fingerprint density at radius 1 is 1.29 bits per heavy atom. The molecule has 1 aliphatic rings. The molecule has 180 valence electrons. The molecule has 0 N–H and O–H groups in total. The second-order valence-electron chi connectivity index (χ2n) is 8.50. The van der Waals surface area contributed by atoms with E-state index in [-0.39, 0.29) is 18.3 Å². The Hall–Kier alpha value is -4.08. The van der Waals surface area contributed by atoms with E-state index in [4.69, 9.17) is 9.26 Å². The monoisotopic (exact) mass is 475 g/mol. The minimum absolute atomic E-state index is 0.0944. The van der Waals surface area contributed by atoms with Crippen LogP contribution in [0.5, 0.6) is 0 Å². The molecule has 0 spiro atoms. The fourth-order valence-corrected chi connectivity index (χ4v) is 3.95. The number of rotatable bonds is 7. The van der Waals surface area contributed by atoms with Gasteiger partial charge in [-0.15, -0.1) is 10.2 Å². The summed E-state index contributed by atoms with van der Waals surface area (Å²) in [6.07, 6.45) is 8.45. The highest BCUT2D eigenvalue weighted by atomic mass is 19.1. The van der Waals surface area contributed by atoms with E-state index in [9.17, 15) is 4.39 Å². The van der Waals surface area contributed by atoms with E-state index in [1.165, 1.54) is 12.1 Å². The van der Waals surface area contributed by atoms with Crippen LogP contribution in [0.15, 0.2) is 53.0 Å². The van der Waals surface area contributed by atoms with Crippen molar-refractivity contribution in [1.82, 2.24) is 34.5 Å². The first-order chi connectivity index (χ1) is 17.0. The summed E-state index contributed by atoms with van der Waals surface area (Å²) >= 11 is 0. The number of ether oxygens (including phenoxy) is 1. The fraction of sp³-hybridized carbons (Fsp3) is 0.320. The van der Waals surface area contributed by atoms with Crippen molar-refractivity contribution in [2.75, 3.05) is 0 Å². The largest absolute Gasteiger partial charge is 0.486 e. The third kappa shape index (κ3) is 4.16. The highest BCUT2D eigenvalue weighted by Gasteiger charge is 2.28. The van der Waals surface area contributed by atoms with E-state index >= 15 is 0 Å². The van der Waals surface area contributed by atoms with Crippen LogP contribution in [0.2, 0.25) is 0 Å². The van der Waals surface area contributed by atoms with Crippen LogP contribution in [0, 0.1) is 5.82 Å². The summed E-state index contributed by atoms with van der Waals surface area (Å²) in [6.45, 7) is 8.52. The minimum Gasteiger partial charge on any atom is -0.486 e. The topological polar surface area (TPSA) is 96.7 Å². The standard InChI is InChI=1S/C25H26FN7O2/c1-5-7-8-17(6-2)34-13-21-29-30-24-18-11-16(26)9-10-19(18)33-14-27-22(20(33)12-32(21)24)23-28-25(15(3)4)35-31-23/h6-11,14-15H,5,12-13H2,1-4H3/b8-7-,17-6+. The van der Waals surface area contributed by atoms with Gasteiger partial charge in [0.05, 0.1) is 17.9 Å². The molecule has 0 unspecified atom stereocenters. The number of halogens is 1. The smallest absolute Gasteiger partial charge is 0.229 e. The Morgan fingerprint density at radius 2 is 2.14 bits per heavy atom. The van der Waals surface area contributed by atoms with Gasteiger partial charge in [0.25, 0.3) is 0 Å². The highest BCUT2D eigenvalue weighted by Crippen LogP contribution is 2.35. The zero-order valence-corrected chi connectivity index (χ0v) is 20.1. The number of imidazole rings is 1. The van der Waals surface area contributed by atoms with Gasteiger partial charge < -0.3 is 13.8 Å². The zero-order chi connectivity index (χ0) is 24.5. The first kappa shape index (κ1) is 22.7. The molecule has 10 heteroatoms. The van der Waals surface area contributed by atoms with Gasteiger partial charge in [-0.1, -0.05) is 32.0 Å². The molecule has 5 rings (SSSR count). The summed E-state index contributed by atoms with van der Waals surface area (Å²) in [4.78, 5) is 9.12. The number of hydrogen-bond donors (Lipinski definition) is 0. The summed E-state index contributed by atoms with van der Waals surface area (Å²) in [5.41, 5.74) is 2.75. The zero-order valence-electron chi connectivity index (χ0n) is 20.1. The van der Waals surface area contributed by atoms with E-state index in [0.717, 1.165) is 23.6 Å². The molecule has 0 atom stereocenters. The molecule has 0 fully saturated rings. The van der Waals surface area contributed by atoms with Crippen molar-refractivity contribution >= 4 is 0 Å². The van der Waals surface area contributed by atoms with Crippen LogP contribution in [0.25, 0.3) is 28.6 Å². The van der Waals surface area contributed by atoms with Gasteiger partial charge in [-0.3, -0.25) is 4.57 Å². The van der Waals surface area contributed by atoms with E-state index in [1.807, 2.05) is 48.1 Å². The van der Waals surface area contributed by atoms with Crippen molar-refractivity contribution in [2.45, 2.75) is 53.2 Å². The summed E-state index contributed by atoms with van der Waals surface area (Å²) in [5.74, 6) is 2.57. The molecule has 0 saturated heterocycles. The van der Waals surface area contributed by atoms with Crippen molar-refractivity contribution in [3.63, 3.8) is 0 Å². The normalized spacial score (nSPS) is 13.1. The molecule has 0 aliphatic carbocycles. The number of nitrogens with zero attached hydrogens (tertiary/aromatic N) is 7. The van der Waals surface area contributed by atoms with Gasteiger partial charge in [0, 0.05) is 11.5 Å². The maximum Gasteiger partial charge on any atom is 0.229 e. The Balaban J connectivity index is 1.60. The first-order valence-corrected chi connectivity index (χ1v) is 11.6. The second-order valence-corrected chi connectivity index (χ2v) is 8.50. The van der Waals surface area contributed by atoms with Crippen molar-refractivity contribution in [1.29, 1.82) is 0 Å². The molecular formula is C25H26FN7O2. The molecule has 4 aromatic rings. The summed E-state index contributed by atoms with van der Waals surface area (Å²) in [5, 5.41) is 12.9. The van der Waals surface area contributed by atoms with Gasteiger partial charge in [0.2, 0.25) is 11.7 Å². The van der Waals surface area contributed by atoms with Crippen molar-refractivity contribution in [3.05, 3.63) is 71.7 Å². The Labute approximate surface area is 202 Å². The Morgan fingerprint density at radius 3 is 2.89 bits per heavy atom. The minimum atomic E-state index is -0.361. The molecule has 35 heavy (non-hydrogen) atoms.